The van der Waals surface area contributed by atoms with Crippen molar-refractivity contribution in [2.75, 3.05) is 7.11 Å². The highest BCUT2D eigenvalue weighted by atomic mass is 16.5. The number of rotatable bonds is 4. The van der Waals surface area contributed by atoms with Crippen molar-refractivity contribution in [3.8, 4) is 0 Å². The second-order valence-corrected chi connectivity index (χ2v) is 5.44. The van der Waals surface area contributed by atoms with E-state index in [-0.39, 0.29) is 5.97 Å². The molecule has 3 rings (SSSR count). The summed E-state index contributed by atoms with van der Waals surface area (Å²) in [6.45, 7) is 2.81. The van der Waals surface area contributed by atoms with Crippen LogP contribution in [0.25, 0.3) is 0 Å². The first-order chi connectivity index (χ1) is 10.3. The van der Waals surface area contributed by atoms with Crippen molar-refractivity contribution in [1.82, 2.24) is 4.90 Å². The van der Waals surface area contributed by atoms with Gasteiger partial charge in [0.25, 0.3) is 0 Å². The Balaban J connectivity index is 1.73. The summed E-state index contributed by atoms with van der Waals surface area (Å²) in [5, 5.41) is 0. The molecule has 2 aromatic rings. The SMILES string of the molecule is COC(=O)Cc1ccccc1CN1Cc2ccccc2C1. The zero-order valence-electron chi connectivity index (χ0n) is 12.2. The molecule has 0 atom stereocenters. The third-order valence-electron chi connectivity index (χ3n) is 3.98. The summed E-state index contributed by atoms with van der Waals surface area (Å²) in [5.41, 5.74) is 5.07. The molecule has 0 saturated carbocycles. The quantitative estimate of drug-likeness (QED) is 0.807. The maximum absolute atomic E-state index is 11.5. The lowest BCUT2D eigenvalue weighted by Gasteiger charge is -2.17. The topological polar surface area (TPSA) is 29.5 Å². The van der Waals surface area contributed by atoms with Gasteiger partial charge in [-0.1, -0.05) is 48.5 Å². The van der Waals surface area contributed by atoms with E-state index in [1.54, 1.807) is 0 Å². The summed E-state index contributed by atoms with van der Waals surface area (Å²) in [6.07, 6.45) is 0.341. The Bertz CT molecular complexity index is 626. The number of hydrogen-bond donors (Lipinski definition) is 0. The number of carbonyl (C=O) groups excluding carboxylic acids is 1. The van der Waals surface area contributed by atoms with Crippen molar-refractivity contribution in [2.45, 2.75) is 26.1 Å². The summed E-state index contributed by atoms with van der Waals surface area (Å²) >= 11 is 0. The molecule has 0 amide bonds. The molecule has 3 nitrogen and oxygen atoms in total. The summed E-state index contributed by atoms with van der Waals surface area (Å²) in [6, 6.07) is 16.7. The number of esters is 1. The van der Waals surface area contributed by atoms with E-state index >= 15 is 0 Å². The molecule has 1 aliphatic heterocycles. The molecule has 0 aromatic heterocycles. The Labute approximate surface area is 125 Å². The first-order valence-corrected chi connectivity index (χ1v) is 7.19. The van der Waals surface area contributed by atoms with Gasteiger partial charge in [0.1, 0.15) is 0 Å². The fourth-order valence-electron chi connectivity index (χ4n) is 2.87. The number of nitrogens with zero attached hydrogens (tertiary/aromatic N) is 1. The predicted molar refractivity (Wildman–Crippen MR) is 81.6 cm³/mol. The minimum Gasteiger partial charge on any atom is -0.469 e. The van der Waals surface area contributed by atoms with E-state index in [1.165, 1.54) is 23.8 Å². The second kappa shape index (κ2) is 6.10. The lowest BCUT2D eigenvalue weighted by atomic mass is 10.0. The fourth-order valence-corrected chi connectivity index (χ4v) is 2.87. The van der Waals surface area contributed by atoms with Crippen molar-refractivity contribution in [3.05, 3.63) is 70.8 Å². The minimum absolute atomic E-state index is 0.188. The fraction of sp³-hybridized carbons (Fsp3) is 0.278. The Morgan fingerprint density at radius 2 is 1.57 bits per heavy atom. The summed E-state index contributed by atoms with van der Waals surface area (Å²) in [5.74, 6) is -0.188. The van der Waals surface area contributed by atoms with E-state index in [0.29, 0.717) is 6.42 Å². The summed E-state index contributed by atoms with van der Waals surface area (Å²) in [7, 11) is 1.43. The molecule has 0 saturated heterocycles. The normalized spacial score (nSPS) is 14.0. The highest BCUT2D eigenvalue weighted by Crippen LogP contribution is 2.25. The molecular weight excluding hydrogens is 262 g/mol. The number of methoxy groups -OCH3 is 1. The molecule has 1 heterocycles. The average Bonchev–Trinajstić information content (AvgIpc) is 2.91. The van der Waals surface area contributed by atoms with E-state index in [4.69, 9.17) is 4.74 Å². The van der Waals surface area contributed by atoms with Crippen LogP contribution in [-0.2, 0) is 35.6 Å². The van der Waals surface area contributed by atoms with Gasteiger partial charge in [0.15, 0.2) is 0 Å². The van der Waals surface area contributed by atoms with Crippen LogP contribution in [0.3, 0.4) is 0 Å². The molecule has 0 N–H and O–H groups in total. The van der Waals surface area contributed by atoms with Crippen molar-refractivity contribution in [1.29, 1.82) is 0 Å². The van der Waals surface area contributed by atoms with Crippen LogP contribution in [-0.4, -0.2) is 18.0 Å². The molecule has 2 aromatic carbocycles. The third-order valence-corrected chi connectivity index (χ3v) is 3.98. The highest BCUT2D eigenvalue weighted by Gasteiger charge is 2.19. The lowest BCUT2D eigenvalue weighted by molar-refractivity contribution is -0.139. The van der Waals surface area contributed by atoms with Gasteiger partial charge in [-0.25, -0.2) is 0 Å². The van der Waals surface area contributed by atoms with E-state index in [9.17, 15) is 4.79 Å². The van der Waals surface area contributed by atoms with Gasteiger partial charge in [0.2, 0.25) is 0 Å². The lowest BCUT2D eigenvalue weighted by Crippen LogP contribution is -2.17. The maximum atomic E-state index is 11.5. The molecule has 21 heavy (non-hydrogen) atoms. The highest BCUT2D eigenvalue weighted by molar-refractivity contribution is 5.72. The third kappa shape index (κ3) is 3.14. The van der Waals surface area contributed by atoms with Crippen molar-refractivity contribution in [2.24, 2.45) is 0 Å². The van der Waals surface area contributed by atoms with Gasteiger partial charge in [-0.05, 0) is 22.3 Å². The van der Waals surface area contributed by atoms with Crippen LogP contribution in [0.4, 0.5) is 0 Å². The Hall–Kier alpha value is -2.13. The number of fused-ring (bicyclic) bond motifs is 1. The molecule has 108 valence electrons. The molecular formula is C18H19NO2. The molecule has 1 aliphatic rings. The summed E-state index contributed by atoms with van der Waals surface area (Å²) in [4.78, 5) is 13.9. The number of ether oxygens (including phenoxy) is 1. The Morgan fingerprint density at radius 3 is 2.19 bits per heavy atom. The van der Waals surface area contributed by atoms with Crippen LogP contribution in [0.2, 0.25) is 0 Å². The molecule has 0 aliphatic carbocycles. The first kappa shape index (κ1) is 13.8. The number of benzene rings is 2. The van der Waals surface area contributed by atoms with Gasteiger partial charge >= 0.3 is 5.97 Å². The Morgan fingerprint density at radius 1 is 1.00 bits per heavy atom. The average molecular weight is 281 g/mol. The van der Waals surface area contributed by atoms with Crippen molar-refractivity contribution in [3.63, 3.8) is 0 Å². The second-order valence-electron chi connectivity index (χ2n) is 5.44. The van der Waals surface area contributed by atoms with Gasteiger partial charge < -0.3 is 4.74 Å². The summed E-state index contributed by atoms with van der Waals surface area (Å²) < 4.78 is 4.78. The van der Waals surface area contributed by atoms with Crippen molar-refractivity contribution >= 4 is 5.97 Å². The van der Waals surface area contributed by atoms with Crippen LogP contribution in [0, 0.1) is 0 Å². The van der Waals surface area contributed by atoms with E-state index in [2.05, 4.69) is 35.2 Å². The molecule has 0 fully saturated rings. The number of hydrogen-bond acceptors (Lipinski definition) is 3. The molecule has 0 radical (unpaired) electrons. The van der Waals surface area contributed by atoms with E-state index < -0.39 is 0 Å². The standard InChI is InChI=1S/C18H19NO2/c1-21-18(20)10-14-6-2-3-7-15(14)11-19-12-16-8-4-5-9-17(16)13-19/h2-9H,10-13H2,1H3. The van der Waals surface area contributed by atoms with E-state index in [0.717, 1.165) is 25.2 Å². The molecule has 0 unspecified atom stereocenters. The van der Waals surface area contributed by atoms with E-state index in [1.807, 2.05) is 18.2 Å². The Kier molecular flexibility index (Phi) is 4.02. The molecule has 0 bridgehead atoms. The predicted octanol–water partition coefficient (Wildman–Crippen LogP) is 2.92. The van der Waals surface area contributed by atoms with Gasteiger partial charge in [-0.2, -0.15) is 0 Å². The smallest absolute Gasteiger partial charge is 0.309 e. The van der Waals surface area contributed by atoms with Gasteiger partial charge in [-0.15, -0.1) is 0 Å². The monoisotopic (exact) mass is 281 g/mol. The number of carbonyl (C=O) groups is 1. The zero-order valence-corrected chi connectivity index (χ0v) is 12.2. The van der Waals surface area contributed by atoms with Crippen LogP contribution >= 0.6 is 0 Å². The largest absolute Gasteiger partial charge is 0.469 e. The maximum Gasteiger partial charge on any atom is 0.309 e. The van der Waals surface area contributed by atoms with Gasteiger partial charge in [-0.3, -0.25) is 9.69 Å². The molecule has 0 spiro atoms. The van der Waals surface area contributed by atoms with Gasteiger partial charge in [0, 0.05) is 19.6 Å². The van der Waals surface area contributed by atoms with Crippen LogP contribution < -0.4 is 0 Å². The van der Waals surface area contributed by atoms with Gasteiger partial charge in [0.05, 0.1) is 13.5 Å². The van der Waals surface area contributed by atoms with Crippen molar-refractivity contribution < 1.29 is 9.53 Å². The van der Waals surface area contributed by atoms with Crippen LogP contribution in [0.15, 0.2) is 48.5 Å². The van der Waals surface area contributed by atoms with Crippen LogP contribution in [0.5, 0.6) is 0 Å². The minimum atomic E-state index is -0.188. The first-order valence-electron chi connectivity index (χ1n) is 7.19. The molecule has 3 heteroatoms. The zero-order chi connectivity index (χ0) is 14.7. The van der Waals surface area contributed by atoms with Crippen LogP contribution in [0.1, 0.15) is 22.3 Å².